The van der Waals surface area contributed by atoms with Gasteiger partial charge in [-0.05, 0) is 55.2 Å². The summed E-state index contributed by atoms with van der Waals surface area (Å²) in [5.74, 6) is -0.585. The summed E-state index contributed by atoms with van der Waals surface area (Å²) in [6, 6.07) is 13.1. The van der Waals surface area contributed by atoms with Gasteiger partial charge in [0.25, 0.3) is 0 Å². The summed E-state index contributed by atoms with van der Waals surface area (Å²) >= 11 is 0. The first kappa shape index (κ1) is 27.8. The number of ether oxygens (including phenoxy) is 2. The summed E-state index contributed by atoms with van der Waals surface area (Å²) in [4.78, 5) is 25.6. The second-order valence-corrected chi connectivity index (χ2v) is 8.25. The van der Waals surface area contributed by atoms with E-state index >= 15 is 0 Å². The van der Waals surface area contributed by atoms with Crippen LogP contribution < -0.4 is 15.0 Å². The Balaban J connectivity index is 2.35. The van der Waals surface area contributed by atoms with Crippen molar-refractivity contribution in [2.45, 2.75) is 52.9 Å². The third-order valence-electron chi connectivity index (χ3n) is 5.48. The third-order valence-corrected chi connectivity index (χ3v) is 5.48. The van der Waals surface area contributed by atoms with Crippen LogP contribution in [0.3, 0.4) is 0 Å². The van der Waals surface area contributed by atoms with Crippen LogP contribution in [0, 0.1) is 0 Å². The number of urea groups is 1. The van der Waals surface area contributed by atoms with Gasteiger partial charge in [-0.1, -0.05) is 57.4 Å². The van der Waals surface area contributed by atoms with Gasteiger partial charge in [-0.15, -0.1) is 0 Å². The molecule has 0 fully saturated rings. The molecule has 7 heteroatoms. The Morgan fingerprint density at radius 2 is 1.80 bits per heavy atom. The lowest BCUT2D eigenvalue weighted by atomic mass is 10.0. The molecule has 0 atom stereocenters. The largest absolute Gasteiger partial charge is 0.493 e. The molecule has 0 aliphatic carbocycles. The normalized spacial score (nSPS) is 11.1. The van der Waals surface area contributed by atoms with Crippen LogP contribution in [0.1, 0.15) is 58.4 Å². The molecule has 7 nitrogen and oxygen atoms in total. The van der Waals surface area contributed by atoms with Crippen LogP contribution in [-0.2, 0) is 9.53 Å². The zero-order valence-corrected chi connectivity index (χ0v) is 21.3. The smallest absolute Gasteiger partial charge is 0.371 e. The lowest BCUT2D eigenvalue weighted by Gasteiger charge is -2.20. The van der Waals surface area contributed by atoms with Crippen molar-refractivity contribution in [1.82, 2.24) is 5.32 Å². The molecule has 2 amide bonds. The first-order chi connectivity index (χ1) is 16.9. The molecule has 0 heterocycles. The molecule has 2 aromatic rings. The van der Waals surface area contributed by atoms with E-state index in [2.05, 4.69) is 19.2 Å². The van der Waals surface area contributed by atoms with E-state index in [0.29, 0.717) is 24.5 Å². The number of nitrogens with zero attached hydrogens (tertiary/aromatic N) is 1. The van der Waals surface area contributed by atoms with Crippen LogP contribution >= 0.6 is 0 Å². The molecule has 0 radical (unpaired) electrons. The number of hydrogen-bond donors (Lipinski definition) is 2. The molecule has 0 bridgehead atoms. The van der Waals surface area contributed by atoms with Gasteiger partial charge in [-0.2, -0.15) is 0 Å². The maximum Gasteiger partial charge on any atom is 0.371 e. The molecule has 0 saturated heterocycles. The van der Waals surface area contributed by atoms with Crippen molar-refractivity contribution in [2.24, 2.45) is 0 Å². The molecule has 0 unspecified atom stereocenters. The SMILES string of the molecule is CCCCCNC(=O)N(C)c1cccc(-c2ccc(C=C(OCC)C(=O)O)cc2OCCCC)c1. The molecule has 35 heavy (non-hydrogen) atoms. The first-order valence-corrected chi connectivity index (χ1v) is 12.4. The van der Waals surface area contributed by atoms with Gasteiger partial charge in [0.1, 0.15) is 5.75 Å². The summed E-state index contributed by atoms with van der Waals surface area (Å²) < 4.78 is 11.3. The summed E-state index contributed by atoms with van der Waals surface area (Å²) in [6.45, 7) is 7.44. The third kappa shape index (κ3) is 8.67. The van der Waals surface area contributed by atoms with Crippen molar-refractivity contribution in [3.05, 3.63) is 53.8 Å². The second-order valence-electron chi connectivity index (χ2n) is 8.25. The number of benzene rings is 2. The number of carbonyl (C=O) groups excluding carboxylic acids is 1. The molecular formula is C28H38N2O5. The van der Waals surface area contributed by atoms with Crippen molar-refractivity contribution < 1.29 is 24.2 Å². The lowest BCUT2D eigenvalue weighted by molar-refractivity contribution is -0.136. The fraction of sp³-hybridized carbons (Fsp3) is 0.429. The number of carbonyl (C=O) groups is 2. The molecule has 0 saturated carbocycles. The fourth-order valence-electron chi connectivity index (χ4n) is 3.47. The zero-order valence-electron chi connectivity index (χ0n) is 21.3. The predicted octanol–water partition coefficient (Wildman–Crippen LogP) is 6.33. The van der Waals surface area contributed by atoms with Gasteiger partial charge in [0.05, 0.1) is 13.2 Å². The molecule has 0 spiro atoms. The molecule has 2 rings (SSSR count). The monoisotopic (exact) mass is 482 g/mol. The Hall–Kier alpha value is -3.48. The van der Waals surface area contributed by atoms with E-state index in [9.17, 15) is 14.7 Å². The Morgan fingerprint density at radius 3 is 2.49 bits per heavy atom. The van der Waals surface area contributed by atoms with E-state index in [1.807, 2.05) is 42.5 Å². The minimum Gasteiger partial charge on any atom is -0.493 e. The van der Waals surface area contributed by atoms with Crippen LogP contribution in [0.5, 0.6) is 5.75 Å². The average Bonchev–Trinajstić information content (AvgIpc) is 2.86. The van der Waals surface area contributed by atoms with Crippen molar-refractivity contribution in [3.63, 3.8) is 0 Å². The highest BCUT2D eigenvalue weighted by Gasteiger charge is 2.14. The van der Waals surface area contributed by atoms with E-state index in [0.717, 1.165) is 48.9 Å². The topological polar surface area (TPSA) is 88.1 Å². The molecule has 190 valence electrons. The second kappa shape index (κ2) is 14.7. The van der Waals surface area contributed by atoms with Crippen LogP contribution in [-0.4, -0.2) is 43.9 Å². The van der Waals surface area contributed by atoms with Gasteiger partial charge in [-0.3, -0.25) is 4.90 Å². The molecule has 2 N–H and O–H groups in total. The van der Waals surface area contributed by atoms with Gasteiger partial charge in [0.2, 0.25) is 5.76 Å². The number of rotatable bonds is 14. The van der Waals surface area contributed by atoms with Gasteiger partial charge < -0.3 is 19.9 Å². The highest BCUT2D eigenvalue weighted by molar-refractivity contribution is 5.92. The summed E-state index contributed by atoms with van der Waals surface area (Å²) in [6.07, 6.45) is 6.55. The molecule has 2 aromatic carbocycles. The van der Waals surface area contributed by atoms with Crippen LogP contribution in [0.4, 0.5) is 10.5 Å². The van der Waals surface area contributed by atoms with Gasteiger partial charge in [0.15, 0.2) is 0 Å². The van der Waals surface area contributed by atoms with Gasteiger partial charge in [-0.25, -0.2) is 9.59 Å². The van der Waals surface area contributed by atoms with E-state index < -0.39 is 5.97 Å². The molecule has 0 aliphatic rings. The summed E-state index contributed by atoms with van der Waals surface area (Å²) in [5, 5.41) is 12.3. The van der Waals surface area contributed by atoms with Gasteiger partial charge >= 0.3 is 12.0 Å². The Kier molecular flexibility index (Phi) is 11.7. The summed E-state index contributed by atoms with van der Waals surface area (Å²) in [5.41, 5.74) is 3.21. The highest BCUT2D eigenvalue weighted by atomic mass is 16.5. The molecule has 0 aromatic heterocycles. The minimum absolute atomic E-state index is 0.117. The summed E-state index contributed by atoms with van der Waals surface area (Å²) in [7, 11) is 1.75. The maximum atomic E-state index is 12.6. The van der Waals surface area contributed by atoms with Gasteiger partial charge in [0, 0.05) is 24.8 Å². The standard InChI is InChI=1S/C28H38N2O5/c1-5-8-10-16-29-28(33)30(4)23-13-11-12-22(20-23)24-15-14-21(18-25(24)35-17-9-6-2)19-26(27(31)32)34-7-3/h11-15,18-20H,5-10,16-17H2,1-4H3,(H,29,33)(H,31,32). The van der Waals surface area contributed by atoms with Crippen LogP contribution in [0.25, 0.3) is 17.2 Å². The van der Waals surface area contributed by atoms with E-state index in [-0.39, 0.29) is 18.4 Å². The van der Waals surface area contributed by atoms with Crippen LogP contribution in [0.2, 0.25) is 0 Å². The lowest BCUT2D eigenvalue weighted by Crippen LogP contribution is -2.37. The Morgan fingerprint density at radius 1 is 1.03 bits per heavy atom. The average molecular weight is 483 g/mol. The minimum atomic E-state index is -1.12. The van der Waals surface area contributed by atoms with E-state index in [4.69, 9.17) is 9.47 Å². The quantitative estimate of drug-likeness (QED) is 0.187. The van der Waals surface area contributed by atoms with E-state index in [1.165, 1.54) is 6.08 Å². The van der Waals surface area contributed by atoms with E-state index in [1.54, 1.807) is 18.9 Å². The number of unbranched alkanes of at least 4 members (excludes halogenated alkanes) is 3. The predicted molar refractivity (Wildman–Crippen MR) is 141 cm³/mol. The van der Waals surface area contributed by atoms with Crippen molar-refractivity contribution in [1.29, 1.82) is 0 Å². The number of hydrogen-bond acceptors (Lipinski definition) is 4. The Labute approximate surface area is 208 Å². The van der Waals surface area contributed by atoms with Crippen LogP contribution in [0.15, 0.2) is 48.2 Å². The number of anilines is 1. The number of amides is 2. The first-order valence-electron chi connectivity index (χ1n) is 12.4. The fourth-order valence-corrected chi connectivity index (χ4v) is 3.47. The molecular weight excluding hydrogens is 444 g/mol. The molecule has 0 aliphatic heterocycles. The number of carboxylic acid groups (broad SMARTS) is 1. The number of aliphatic carboxylic acids is 1. The number of nitrogens with one attached hydrogen (secondary N) is 1. The highest BCUT2D eigenvalue weighted by Crippen LogP contribution is 2.34. The Bertz CT molecular complexity index is 1000. The maximum absolute atomic E-state index is 12.6. The van der Waals surface area contributed by atoms with Crippen molar-refractivity contribution in [3.8, 4) is 16.9 Å². The number of carboxylic acids is 1. The van der Waals surface area contributed by atoms with Crippen molar-refractivity contribution >= 4 is 23.8 Å². The van der Waals surface area contributed by atoms with Crippen molar-refractivity contribution in [2.75, 3.05) is 31.7 Å². The zero-order chi connectivity index (χ0) is 25.6.